The van der Waals surface area contributed by atoms with Crippen LogP contribution in [0.4, 0.5) is 11.4 Å². The largest absolute Gasteiger partial charge is 0.369 e. The lowest BCUT2D eigenvalue weighted by Crippen LogP contribution is -2.51. The molecule has 0 atom stereocenters. The highest BCUT2D eigenvalue weighted by Gasteiger charge is 2.28. The second kappa shape index (κ2) is 13.8. The molecule has 2 aliphatic heterocycles. The molecule has 0 unspecified atom stereocenters. The van der Waals surface area contributed by atoms with Crippen LogP contribution in [-0.4, -0.2) is 86.3 Å². The molecule has 0 radical (unpaired) electrons. The van der Waals surface area contributed by atoms with Gasteiger partial charge >= 0.3 is 0 Å². The molecule has 4 aliphatic rings. The normalized spacial score (nSPS) is 29.4. The van der Waals surface area contributed by atoms with Crippen molar-refractivity contribution in [3.05, 3.63) is 60.7 Å². The van der Waals surface area contributed by atoms with Gasteiger partial charge in [-0.05, 0) is 75.6 Å². The van der Waals surface area contributed by atoms with E-state index in [2.05, 4.69) is 80.3 Å². The van der Waals surface area contributed by atoms with Crippen molar-refractivity contribution in [1.82, 2.24) is 9.80 Å². The van der Waals surface area contributed by atoms with Gasteiger partial charge in [0.25, 0.3) is 0 Å². The first-order chi connectivity index (χ1) is 18.7. The third-order valence-corrected chi connectivity index (χ3v) is 9.39. The van der Waals surface area contributed by atoms with E-state index in [1.54, 1.807) is 0 Å². The zero-order valence-electron chi connectivity index (χ0n) is 23.3. The number of hydrogen-bond donors (Lipinski definition) is 2. The molecule has 2 aliphatic carbocycles. The summed E-state index contributed by atoms with van der Waals surface area (Å²) >= 11 is 0. The van der Waals surface area contributed by atoms with Crippen LogP contribution in [0.5, 0.6) is 0 Å². The van der Waals surface area contributed by atoms with Gasteiger partial charge in [0, 0.05) is 87.9 Å². The Morgan fingerprint density at radius 3 is 1.05 bits per heavy atom. The second-order valence-corrected chi connectivity index (χ2v) is 11.9. The van der Waals surface area contributed by atoms with Crippen molar-refractivity contribution in [3.8, 4) is 0 Å². The maximum Gasteiger partial charge on any atom is 0.0367 e. The molecule has 0 bridgehead atoms. The van der Waals surface area contributed by atoms with Crippen LogP contribution in [0.1, 0.15) is 51.4 Å². The van der Waals surface area contributed by atoms with Crippen molar-refractivity contribution in [3.63, 3.8) is 0 Å². The number of hydrogen-bond acceptors (Lipinski definition) is 6. The van der Waals surface area contributed by atoms with Gasteiger partial charge in [-0.25, -0.2) is 0 Å². The topological polar surface area (TPSA) is 65.0 Å². The van der Waals surface area contributed by atoms with Crippen molar-refractivity contribution in [1.29, 1.82) is 0 Å². The maximum absolute atomic E-state index is 6.00. The van der Waals surface area contributed by atoms with Gasteiger partial charge in [0.1, 0.15) is 0 Å². The fourth-order valence-corrected chi connectivity index (χ4v) is 6.90. The zero-order valence-corrected chi connectivity index (χ0v) is 23.3. The van der Waals surface area contributed by atoms with Crippen molar-refractivity contribution >= 4 is 11.4 Å². The predicted octanol–water partition coefficient (Wildman–Crippen LogP) is 4.16. The Bertz CT molecular complexity index is 830. The Hall–Kier alpha value is -2.12. The highest BCUT2D eigenvalue weighted by atomic mass is 15.3. The third-order valence-electron chi connectivity index (χ3n) is 9.39. The van der Waals surface area contributed by atoms with E-state index < -0.39 is 0 Å². The van der Waals surface area contributed by atoms with Crippen LogP contribution in [0.25, 0.3) is 0 Å². The van der Waals surface area contributed by atoms with Gasteiger partial charge in [-0.3, -0.25) is 9.80 Å². The summed E-state index contributed by atoms with van der Waals surface area (Å²) in [5.74, 6) is 0. The number of nitrogens with zero attached hydrogens (tertiary/aromatic N) is 4. The molecule has 2 aromatic rings. The van der Waals surface area contributed by atoms with Gasteiger partial charge in [0.15, 0.2) is 0 Å². The minimum Gasteiger partial charge on any atom is -0.369 e. The Kier molecular flexibility index (Phi) is 9.96. The standard InChI is InChI=1S/2C16H25N3/c2*17-14-6-8-16(9-7-14)19-12-10-18(11-13-19)15-4-2-1-3-5-15/h2*1-5,14,16H,6-13,17H2. The number of rotatable bonds is 4. The van der Waals surface area contributed by atoms with Crippen LogP contribution in [-0.2, 0) is 0 Å². The molecule has 4 N–H and O–H groups in total. The van der Waals surface area contributed by atoms with E-state index >= 15 is 0 Å². The zero-order chi connectivity index (χ0) is 26.2. The molecular formula is C32H50N6. The van der Waals surface area contributed by atoms with Gasteiger partial charge in [-0.1, -0.05) is 36.4 Å². The van der Waals surface area contributed by atoms with Gasteiger partial charge < -0.3 is 21.3 Å². The molecule has 6 nitrogen and oxygen atoms in total. The quantitative estimate of drug-likeness (QED) is 0.634. The van der Waals surface area contributed by atoms with E-state index in [9.17, 15) is 0 Å². The summed E-state index contributed by atoms with van der Waals surface area (Å²) in [4.78, 5) is 10.4. The van der Waals surface area contributed by atoms with Crippen LogP contribution in [0.15, 0.2) is 60.7 Å². The minimum absolute atomic E-state index is 0.460. The number of benzene rings is 2. The molecule has 38 heavy (non-hydrogen) atoms. The van der Waals surface area contributed by atoms with Crippen LogP contribution in [0.3, 0.4) is 0 Å². The van der Waals surface area contributed by atoms with Gasteiger partial charge in [-0.2, -0.15) is 0 Å². The summed E-state index contributed by atoms with van der Waals surface area (Å²) in [6.45, 7) is 9.45. The summed E-state index contributed by atoms with van der Waals surface area (Å²) in [7, 11) is 0. The maximum atomic E-state index is 6.00. The SMILES string of the molecule is NC1CCC(N2CCN(c3ccccc3)CC2)CC1.NC1CCC(N2CCN(c3ccccc3)CC2)CC1. The van der Waals surface area contributed by atoms with Crippen molar-refractivity contribution in [2.24, 2.45) is 11.5 Å². The van der Waals surface area contributed by atoms with Crippen molar-refractivity contribution < 1.29 is 0 Å². The van der Waals surface area contributed by atoms with E-state index in [1.807, 2.05) is 0 Å². The summed E-state index contributed by atoms with van der Waals surface area (Å²) in [6, 6.07) is 24.1. The number of nitrogens with two attached hydrogens (primary N) is 2. The van der Waals surface area contributed by atoms with E-state index in [1.165, 1.54) is 88.9 Å². The molecular weight excluding hydrogens is 468 g/mol. The fourth-order valence-electron chi connectivity index (χ4n) is 6.90. The number of piperazine rings is 2. The van der Waals surface area contributed by atoms with Gasteiger partial charge in [0.05, 0.1) is 0 Å². The summed E-state index contributed by atoms with van der Waals surface area (Å²) in [5, 5.41) is 0. The minimum atomic E-state index is 0.460. The summed E-state index contributed by atoms with van der Waals surface area (Å²) in [5.41, 5.74) is 14.7. The van der Waals surface area contributed by atoms with Crippen molar-refractivity contribution in [2.45, 2.75) is 75.5 Å². The highest BCUT2D eigenvalue weighted by molar-refractivity contribution is 5.47. The van der Waals surface area contributed by atoms with Gasteiger partial charge in [0.2, 0.25) is 0 Å². The number of para-hydroxylation sites is 2. The predicted molar refractivity (Wildman–Crippen MR) is 161 cm³/mol. The lowest BCUT2D eigenvalue weighted by molar-refractivity contribution is 0.142. The Morgan fingerprint density at radius 2 is 0.737 bits per heavy atom. The Labute approximate surface area is 230 Å². The molecule has 4 fully saturated rings. The Balaban J connectivity index is 0.000000155. The van der Waals surface area contributed by atoms with E-state index in [4.69, 9.17) is 11.5 Å². The smallest absolute Gasteiger partial charge is 0.0367 e. The molecule has 2 saturated heterocycles. The molecule has 6 rings (SSSR count). The Morgan fingerprint density at radius 1 is 0.421 bits per heavy atom. The van der Waals surface area contributed by atoms with Crippen LogP contribution in [0.2, 0.25) is 0 Å². The van der Waals surface area contributed by atoms with Crippen LogP contribution in [0, 0.1) is 0 Å². The molecule has 0 aromatic heterocycles. The lowest BCUT2D eigenvalue weighted by Gasteiger charge is -2.42. The first-order valence-corrected chi connectivity index (χ1v) is 15.2. The summed E-state index contributed by atoms with van der Waals surface area (Å²) < 4.78 is 0. The first-order valence-electron chi connectivity index (χ1n) is 15.2. The second-order valence-electron chi connectivity index (χ2n) is 11.9. The third kappa shape index (κ3) is 7.50. The highest BCUT2D eigenvalue weighted by Crippen LogP contribution is 2.26. The van der Waals surface area contributed by atoms with Crippen molar-refractivity contribution in [2.75, 3.05) is 62.2 Å². The molecule has 2 heterocycles. The molecule has 0 spiro atoms. The molecule has 2 aromatic carbocycles. The van der Waals surface area contributed by atoms with E-state index in [-0.39, 0.29) is 0 Å². The monoisotopic (exact) mass is 518 g/mol. The molecule has 2 saturated carbocycles. The summed E-state index contributed by atoms with van der Waals surface area (Å²) in [6.07, 6.45) is 10.0. The van der Waals surface area contributed by atoms with Gasteiger partial charge in [-0.15, -0.1) is 0 Å². The van der Waals surface area contributed by atoms with E-state index in [0.717, 1.165) is 38.3 Å². The first kappa shape index (κ1) is 27.4. The average Bonchev–Trinajstić information content (AvgIpc) is 2.99. The van der Waals surface area contributed by atoms with Crippen LogP contribution < -0.4 is 21.3 Å². The van der Waals surface area contributed by atoms with Crippen LogP contribution >= 0.6 is 0 Å². The lowest BCUT2D eigenvalue weighted by atomic mass is 9.90. The van der Waals surface area contributed by atoms with E-state index in [0.29, 0.717) is 12.1 Å². The molecule has 208 valence electrons. The number of anilines is 2. The molecule has 0 amide bonds. The average molecular weight is 519 g/mol. The fraction of sp³-hybridized carbons (Fsp3) is 0.625. The molecule has 6 heteroatoms.